The van der Waals surface area contributed by atoms with Gasteiger partial charge in [0.2, 0.25) is 0 Å². The predicted octanol–water partition coefficient (Wildman–Crippen LogP) is 3.61. The van der Waals surface area contributed by atoms with Gasteiger partial charge in [-0.1, -0.05) is 29.4 Å². The fourth-order valence-corrected chi connectivity index (χ4v) is 1.76. The van der Waals surface area contributed by atoms with Gasteiger partial charge in [-0.15, -0.1) is 0 Å². The van der Waals surface area contributed by atoms with Crippen LogP contribution in [0.5, 0.6) is 5.75 Å². The van der Waals surface area contributed by atoms with E-state index in [9.17, 15) is 0 Å². The van der Waals surface area contributed by atoms with E-state index in [1.165, 1.54) is 11.1 Å². The second-order valence-corrected chi connectivity index (χ2v) is 4.98. The van der Waals surface area contributed by atoms with Crippen LogP contribution in [0.3, 0.4) is 0 Å². The molecule has 0 aliphatic rings. The van der Waals surface area contributed by atoms with E-state index in [2.05, 4.69) is 48.6 Å². The van der Waals surface area contributed by atoms with Crippen molar-refractivity contribution in [1.82, 2.24) is 5.32 Å². The van der Waals surface area contributed by atoms with Gasteiger partial charge in [0.05, 0.1) is 0 Å². The van der Waals surface area contributed by atoms with E-state index in [0.717, 1.165) is 28.9 Å². The molecule has 1 aromatic carbocycles. The summed E-state index contributed by atoms with van der Waals surface area (Å²) in [6, 6.07) is 4.08. The summed E-state index contributed by atoms with van der Waals surface area (Å²) in [6.45, 7) is 12.5. The smallest absolute Gasteiger partial charge is 0.120 e. The zero-order valence-electron chi connectivity index (χ0n) is 10.8. The highest BCUT2D eigenvalue weighted by Gasteiger charge is 2.03. The van der Waals surface area contributed by atoms with Crippen molar-refractivity contribution in [3.05, 3.63) is 39.9 Å². The molecular weight excluding hydrogens is 278 g/mol. The Kier molecular flexibility index (Phi) is 5.72. The Morgan fingerprint density at radius 2 is 1.94 bits per heavy atom. The van der Waals surface area contributed by atoms with Crippen molar-refractivity contribution in [3.8, 4) is 5.75 Å². The quantitative estimate of drug-likeness (QED) is 0.810. The Morgan fingerprint density at radius 3 is 2.47 bits per heavy atom. The normalized spacial score (nSPS) is 10.4. The Balaban J connectivity index is 2.55. The molecule has 0 fully saturated rings. The average molecular weight is 298 g/mol. The molecule has 0 unspecified atom stereocenters. The van der Waals surface area contributed by atoms with Crippen LogP contribution in [0.4, 0.5) is 0 Å². The molecule has 94 valence electrons. The van der Waals surface area contributed by atoms with Gasteiger partial charge < -0.3 is 10.1 Å². The highest BCUT2D eigenvalue weighted by atomic mass is 79.9. The van der Waals surface area contributed by atoms with Crippen LogP contribution in [0.1, 0.15) is 18.1 Å². The first kappa shape index (κ1) is 14.3. The molecular formula is C14H20BrNO. The topological polar surface area (TPSA) is 21.3 Å². The van der Waals surface area contributed by atoms with E-state index in [4.69, 9.17) is 4.74 Å². The highest BCUT2D eigenvalue weighted by Crippen LogP contribution is 2.26. The summed E-state index contributed by atoms with van der Waals surface area (Å²) in [4.78, 5) is 0. The van der Waals surface area contributed by atoms with E-state index in [-0.39, 0.29) is 0 Å². The Hall–Kier alpha value is -0.800. The monoisotopic (exact) mass is 297 g/mol. The van der Waals surface area contributed by atoms with E-state index >= 15 is 0 Å². The number of rotatable bonds is 6. The molecule has 0 saturated carbocycles. The lowest BCUT2D eigenvalue weighted by Crippen LogP contribution is -2.18. The summed E-state index contributed by atoms with van der Waals surface area (Å²) in [6.07, 6.45) is 0. The number of likely N-dealkylation sites (N-methyl/N-ethyl adjacent to an activating group) is 1. The van der Waals surface area contributed by atoms with Crippen LogP contribution in [-0.4, -0.2) is 19.7 Å². The lowest BCUT2D eigenvalue weighted by Gasteiger charge is -2.11. The summed E-state index contributed by atoms with van der Waals surface area (Å²) in [5.74, 6) is 0.904. The van der Waals surface area contributed by atoms with Gasteiger partial charge >= 0.3 is 0 Å². The minimum absolute atomic E-state index is 0.563. The summed E-state index contributed by atoms with van der Waals surface area (Å²) < 4.78 is 6.87. The molecule has 0 aromatic heterocycles. The van der Waals surface area contributed by atoms with Crippen LogP contribution < -0.4 is 10.1 Å². The first-order chi connectivity index (χ1) is 8.04. The van der Waals surface area contributed by atoms with Crippen molar-refractivity contribution in [3.63, 3.8) is 0 Å². The molecule has 0 bridgehead atoms. The van der Waals surface area contributed by atoms with Crippen molar-refractivity contribution in [1.29, 1.82) is 0 Å². The third-order valence-corrected chi connectivity index (χ3v) is 3.73. The molecule has 0 aliphatic heterocycles. The number of halogens is 1. The third-order valence-electron chi connectivity index (χ3n) is 2.48. The van der Waals surface area contributed by atoms with E-state index in [1.807, 2.05) is 12.1 Å². The van der Waals surface area contributed by atoms with E-state index in [1.54, 1.807) is 0 Å². The number of aryl methyl sites for hydroxylation is 2. The van der Waals surface area contributed by atoms with Crippen molar-refractivity contribution in [2.24, 2.45) is 0 Å². The standard InChI is InChI=1S/C14H20BrNO/c1-5-16-8-10(2)9-17-13-6-11(3)14(15)12(4)7-13/h6-7,16H,2,5,8-9H2,1,3-4H3. The van der Waals surface area contributed by atoms with Crippen molar-refractivity contribution in [2.45, 2.75) is 20.8 Å². The average Bonchev–Trinajstić information content (AvgIpc) is 2.30. The maximum Gasteiger partial charge on any atom is 0.120 e. The van der Waals surface area contributed by atoms with Gasteiger partial charge in [0.15, 0.2) is 0 Å². The molecule has 0 spiro atoms. The molecule has 1 aromatic rings. The van der Waals surface area contributed by atoms with E-state index in [0.29, 0.717) is 6.61 Å². The number of hydrogen-bond donors (Lipinski definition) is 1. The molecule has 0 aliphatic carbocycles. The van der Waals surface area contributed by atoms with Crippen molar-refractivity contribution < 1.29 is 4.74 Å². The van der Waals surface area contributed by atoms with Gasteiger partial charge in [0, 0.05) is 11.0 Å². The summed E-state index contributed by atoms with van der Waals surface area (Å²) in [7, 11) is 0. The Bertz CT molecular complexity index is 378. The van der Waals surface area contributed by atoms with Crippen LogP contribution in [-0.2, 0) is 0 Å². The number of benzene rings is 1. The molecule has 0 amide bonds. The van der Waals surface area contributed by atoms with Gasteiger partial charge in [0.25, 0.3) is 0 Å². The molecule has 1 rings (SSSR count). The molecule has 0 atom stereocenters. The molecule has 2 nitrogen and oxygen atoms in total. The van der Waals surface area contributed by atoms with Gasteiger partial charge in [0.1, 0.15) is 12.4 Å². The Morgan fingerprint density at radius 1 is 1.35 bits per heavy atom. The second kappa shape index (κ2) is 6.82. The maximum absolute atomic E-state index is 5.72. The van der Waals surface area contributed by atoms with E-state index < -0.39 is 0 Å². The van der Waals surface area contributed by atoms with Gasteiger partial charge in [-0.3, -0.25) is 0 Å². The fraction of sp³-hybridized carbons (Fsp3) is 0.429. The molecule has 17 heavy (non-hydrogen) atoms. The largest absolute Gasteiger partial charge is 0.489 e. The summed E-state index contributed by atoms with van der Waals surface area (Å²) in [5.41, 5.74) is 3.44. The van der Waals surface area contributed by atoms with Crippen LogP contribution in [0.25, 0.3) is 0 Å². The van der Waals surface area contributed by atoms with Crippen LogP contribution in [0.15, 0.2) is 28.8 Å². The van der Waals surface area contributed by atoms with Crippen LogP contribution in [0.2, 0.25) is 0 Å². The third kappa shape index (κ3) is 4.52. The van der Waals surface area contributed by atoms with Gasteiger partial charge in [-0.05, 0) is 49.2 Å². The fourth-order valence-electron chi connectivity index (χ4n) is 1.53. The zero-order valence-corrected chi connectivity index (χ0v) is 12.4. The number of ether oxygens (including phenoxy) is 1. The molecule has 0 saturated heterocycles. The summed E-state index contributed by atoms with van der Waals surface area (Å²) >= 11 is 3.54. The van der Waals surface area contributed by atoms with Gasteiger partial charge in [-0.25, -0.2) is 0 Å². The highest BCUT2D eigenvalue weighted by molar-refractivity contribution is 9.10. The number of hydrogen-bond acceptors (Lipinski definition) is 2. The second-order valence-electron chi connectivity index (χ2n) is 4.19. The van der Waals surface area contributed by atoms with Crippen LogP contribution >= 0.6 is 15.9 Å². The van der Waals surface area contributed by atoms with Crippen LogP contribution in [0, 0.1) is 13.8 Å². The van der Waals surface area contributed by atoms with Crippen molar-refractivity contribution in [2.75, 3.05) is 19.7 Å². The predicted molar refractivity (Wildman–Crippen MR) is 76.8 cm³/mol. The summed E-state index contributed by atoms with van der Waals surface area (Å²) in [5, 5.41) is 3.23. The lowest BCUT2D eigenvalue weighted by molar-refractivity contribution is 0.348. The van der Waals surface area contributed by atoms with Gasteiger partial charge in [-0.2, -0.15) is 0 Å². The Labute approximate surface area is 112 Å². The first-order valence-corrected chi connectivity index (χ1v) is 6.60. The molecule has 0 radical (unpaired) electrons. The number of nitrogens with one attached hydrogen (secondary N) is 1. The SMILES string of the molecule is C=C(CNCC)COc1cc(C)c(Br)c(C)c1. The minimum atomic E-state index is 0.563. The maximum atomic E-state index is 5.72. The lowest BCUT2D eigenvalue weighted by atomic mass is 10.1. The first-order valence-electron chi connectivity index (χ1n) is 5.81. The minimum Gasteiger partial charge on any atom is -0.489 e. The molecule has 0 heterocycles. The zero-order chi connectivity index (χ0) is 12.8. The van der Waals surface area contributed by atoms with Crippen molar-refractivity contribution >= 4 is 15.9 Å². The molecule has 3 heteroatoms. The molecule has 1 N–H and O–H groups in total.